The van der Waals surface area contributed by atoms with Crippen molar-refractivity contribution in [3.8, 4) is 0 Å². The summed E-state index contributed by atoms with van der Waals surface area (Å²) < 4.78 is 86.9. The molecule has 0 aliphatic carbocycles. The molecule has 8 heteroatoms. The zero-order valence-corrected chi connectivity index (χ0v) is 8.74. The Balaban J connectivity index is 3.06. The molecule has 0 aliphatic heterocycles. The first-order chi connectivity index (χ1) is 7.99. The summed E-state index contributed by atoms with van der Waals surface area (Å²) in [4.78, 5) is 0. The van der Waals surface area contributed by atoms with E-state index in [9.17, 15) is 30.7 Å². The van der Waals surface area contributed by atoms with E-state index in [0.717, 1.165) is 12.1 Å². The van der Waals surface area contributed by atoms with Crippen molar-refractivity contribution in [3.63, 3.8) is 0 Å². The van der Waals surface area contributed by atoms with Gasteiger partial charge >= 0.3 is 18.0 Å². The van der Waals surface area contributed by atoms with E-state index in [4.69, 9.17) is 5.73 Å². The minimum atomic E-state index is -6.32. The molecule has 0 fully saturated rings. The maximum atomic E-state index is 13.0. The summed E-state index contributed by atoms with van der Waals surface area (Å²) in [6.45, 7) is 0. The number of nitrogen functional groups attached to an aromatic ring is 1. The Labute approximate surface area is 97.4 Å². The number of nitrogens with two attached hydrogens (primary N) is 1. The first-order valence-electron chi connectivity index (χ1n) is 4.65. The highest BCUT2D eigenvalue weighted by molar-refractivity contribution is 5.47. The number of alkyl halides is 7. The van der Waals surface area contributed by atoms with Gasteiger partial charge in [0.1, 0.15) is 0 Å². The van der Waals surface area contributed by atoms with Crippen LogP contribution in [0.3, 0.4) is 0 Å². The van der Waals surface area contributed by atoms with Crippen LogP contribution in [0, 0.1) is 0 Å². The van der Waals surface area contributed by atoms with Crippen molar-refractivity contribution >= 4 is 5.69 Å². The Hall–Kier alpha value is -1.47. The summed E-state index contributed by atoms with van der Waals surface area (Å²) in [7, 11) is 0. The molecule has 1 aromatic carbocycles. The lowest BCUT2D eigenvalue weighted by molar-refractivity contribution is -0.353. The fourth-order valence-electron chi connectivity index (χ4n) is 1.25. The number of hydrogen-bond acceptors (Lipinski definition) is 1. The van der Waals surface area contributed by atoms with E-state index in [1.165, 1.54) is 12.1 Å². The first kappa shape index (κ1) is 14.6. The third-order valence-electron chi connectivity index (χ3n) is 2.28. The monoisotopic (exact) mass is 275 g/mol. The molecule has 18 heavy (non-hydrogen) atoms. The van der Waals surface area contributed by atoms with Crippen LogP contribution in [0.25, 0.3) is 0 Å². The Morgan fingerprint density at radius 3 is 1.83 bits per heavy atom. The summed E-state index contributed by atoms with van der Waals surface area (Å²) in [6.07, 6.45) is -8.10. The highest BCUT2D eigenvalue weighted by Crippen LogP contribution is 2.48. The second kappa shape index (κ2) is 4.33. The van der Waals surface area contributed by atoms with Crippen LogP contribution >= 0.6 is 0 Å². The number of para-hydroxylation sites is 1. The zero-order valence-electron chi connectivity index (χ0n) is 8.74. The molecule has 0 unspecified atom stereocenters. The van der Waals surface area contributed by atoms with Crippen molar-refractivity contribution in [1.82, 2.24) is 0 Å². The van der Waals surface area contributed by atoms with Crippen LogP contribution in [-0.4, -0.2) is 18.0 Å². The summed E-state index contributed by atoms with van der Waals surface area (Å²) in [5, 5.41) is 0. The molecule has 0 spiro atoms. The van der Waals surface area contributed by atoms with Crippen molar-refractivity contribution < 1.29 is 30.7 Å². The van der Waals surface area contributed by atoms with Gasteiger partial charge in [-0.2, -0.15) is 30.7 Å². The predicted octanol–water partition coefficient (Wildman–Crippen LogP) is 3.64. The van der Waals surface area contributed by atoms with Crippen molar-refractivity contribution in [2.45, 2.75) is 24.4 Å². The summed E-state index contributed by atoms with van der Waals surface area (Å²) in [6, 6.07) is 4.67. The van der Waals surface area contributed by atoms with Gasteiger partial charge in [-0.1, -0.05) is 18.2 Å². The lowest BCUT2D eigenvalue weighted by Crippen LogP contribution is -2.53. The van der Waals surface area contributed by atoms with Crippen molar-refractivity contribution in [2.75, 3.05) is 5.73 Å². The van der Waals surface area contributed by atoms with Crippen LogP contribution in [0.4, 0.5) is 36.4 Å². The lowest BCUT2D eigenvalue weighted by Gasteiger charge is -2.28. The van der Waals surface area contributed by atoms with E-state index in [1.807, 2.05) is 0 Å². The number of rotatable bonds is 3. The molecule has 0 amide bonds. The lowest BCUT2D eigenvalue weighted by atomic mass is 10.0. The molecule has 0 aromatic heterocycles. The van der Waals surface area contributed by atoms with Crippen LogP contribution in [0.1, 0.15) is 5.56 Å². The second-order valence-electron chi connectivity index (χ2n) is 3.65. The minimum Gasteiger partial charge on any atom is -0.399 e. The summed E-state index contributed by atoms with van der Waals surface area (Å²) in [5.74, 6) is -11.4. The summed E-state index contributed by atoms with van der Waals surface area (Å²) in [5.41, 5.74) is 4.49. The van der Waals surface area contributed by atoms with E-state index in [0.29, 0.717) is 0 Å². The van der Waals surface area contributed by atoms with Crippen LogP contribution < -0.4 is 5.73 Å². The highest BCUT2D eigenvalue weighted by atomic mass is 19.4. The van der Waals surface area contributed by atoms with Gasteiger partial charge in [-0.25, -0.2) is 0 Å². The second-order valence-corrected chi connectivity index (χ2v) is 3.65. The first-order valence-corrected chi connectivity index (χ1v) is 4.65. The molecule has 0 bridgehead atoms. The zero-order chi connectivity index (χ0) is 14.2. The molecule has 1 rings (SSSR count). The van der Waals surface area contributed by atoms with E-state index in [-0.39, 0.29) is 5.69 Å². The number of benzene rings is 1. The van der Waals surface area contributed by atoms with Gasteiger partial charge in [-0.15, -0.1) is 0 Å². The van der Waals surface area contributed by atoms with Gasteiger partial charge in [0.25, 0.3) is 0 Å². The van der Waals surface area contributed by atoms with Crippen LogP contribution in [0.15, 0.2) is 24.3 Å². The van der Waals surface area contributed by atoms with Crippen LogP contribution in [-0.2, 0) is 6.42 Å². The van der Waals surface area contributed by atoms with Crippen molar-refractivity contribution in [1.29, 1.82) is 0 Å². The average molecular weight is 275 g/mol. The summed E-state index contributed by atoms with van der Waals surface area (Å²) >= 11 is 0. The molecular weight excluding hydrogens is 267 g/mol. The van der Waals surface area contributed by atoms with Crippen LogP contribution in [0.5, 0.6) is 0 Å². The van der Waals surface area contributed by atoms with Gasteiger partial charge in [0, 0.05) is 12.1 Å². The van der Waals surface area contributed by atoms with E-state index in [2.05, 4.69) is 0 Å². The van der Waals surface area contributed by atoms with Crippen molar-refractivity contribution in [3.05, 3.63) is 29.8 Å². The van der Waals surface area contributed by atoms with E-state index in [1.54, 1.807) is 0 Å². The third kappa shape index (κ3) is 2.51. The normalized spacial score (nSPS) is 13.7. The molecule has 1 aromatic rings. The molecule has 0 saturated carbocycles. The Kier molecular flexibility index (Phi) is 3.51. The molecule has 102 valence electrons. The van der Waals surface area contributed by atoms with Gasteiger partial charge < -0.3 is 5.73 Å². The van der Waals surface area contributed by atoms with Crippen molar-refractivity contribution in [2.24, 2.45) is 0 Å². The predicted molar refractivity (Wildman–Crippen MR) is 50.5 cm³/mol. The van der Waals surface area contributed by atoms with E-state index < -0.39 is 30.0 Å². The Bertz CT molecular complexity index is 424. The molecule has 0 atom stereocenters. The molecule has 0 heterocycles. The molecule has 1 nitrogen and oxygen atoms in total. The molecular formula is C10H8F7N. The molecule has 0 aliphatic rings. The smallest absolute Gasteiger partial charge is 0.399 e. The molecule has 2 N–H and O–H groups in total. The Morgan fingerprint density at radius 2 is 1.39 bits per heavy atom. The SMILES string of the molecule is Nc1ccccc1CC(F)(F)C(F)(F)C(F)(F)F. The fourth-order valence-corrected chi connectivity index (χ4v) is 1.25. The van der Waals surface area contributed by atoms with E-state index >= 15 is 0 Å². The minimum absolute atomic E-state index is 0.268. The topological polar surface area (TPSA) is 26.0 Å². The van der Waals surface area contributed by atoms with Gasteiger partial charge in [0.2, 0.25) is 0 Å². The molecule has 0 saturated heterocycles. The van der Waals surface area contributed by atoms with Gasteiger partial charge in [0.05, 0.1) is 0 Å². The van der Waals surface area contributed by atoms with Gasteiger partial charge in [-0.05, 0) is 11.6 Å². The average Bonchev–Trinajstić information content (AvgIpc) is 2.19. The van der Waals surface area contributed by atoms with Gasteiger partial charge in [-0.3, -0.25) is 0 Å². The maximum Gasteiger partial charge on any atom is 0.459 e. The standard InChI is InChI=1S/C10H8F7N/c11-8(12,9(13,14)10(15,16)17)5-6-3-1-2-4-7(6)18/h1-4H,5,18H2. The number of halogens is 7. The fraction of sp³-hybridized carbons (Fsp3) is 0.400. The third-order valence-corrected chi connectivity index (χ3v) is 2.28. The van der Waals surface area contributed by atoms with Crippen LogP contribution in [0.2, 0.25) is 0 Å². The maximum absolute atomic E-state index is 13.0. The molecule has 0 radical (unpaired) electrons. The number of anilines is 1. The quantitative estimate of drug-likeness (QED) is 0.661. The largest absolute Gasteiger partial charge is 0.459 e. The number of hydrogen-bond donors (Lipinski definition) is 1. The highest BCUT2D eigenvalue weighted by Gasteiger charge is 2.72. The Morgan fingerprint density at radius 1 is 0.889 bits per heavy atom. The van der Waals surface area contributed by atoms with Gasteiger partial charge in [0.15, 0.2) is 0 Å².